The molecule has 0 bridgehead atoms. The minimum Gasteiger partial charge on any atom is -0.493 e. The Hall–Kier alpha value is -3.93. The molecular formula is C26H27NO5. The summed E-state index contributed by atoms with van der Waals surface area (Å²) in [6.07, 6.45) is 3.17. The number of nitrogens with one attached hydrogen (secondary N) is 1. The molecule has 0 heterocycles. The average molecular weight is 434 g/mol. The van der Waals surface area contributed by atoms with Crippen molar-refractivity contribution in [1.29, 1.82) is 0 Å². The molecule has 0 fully saturated rings. The van der Waals surface area contributed by atoms with Gasteiger partial charge >= 0.3 is 0 Å². The van der Waals surface area contributed by atoms with E-state index in [1.807, 2.05) is 54.6 Å². The van der Waals surface area contributed by atoms with Crippen molar-refractivity contribution in [2.45, 2.75) is 13.2 Å². The van der Waals surface area contributed by atoms with E-state index in [2.05, 4.69) is 5.32 Å². The first-order valence-electron chi connectivity index (χ1n) is 10.1. The van der Waals surface area contributed by atoms with Crippen LogP contribution in [-0.4, -0.2) is 27.2 Å². The van der Waals surface area contributed by atoms with Crippen LogP contribution in [0.2, 0.25) is 0 Å². The van der Waals surface area contributed by atoms with Crippen LogP contribution in [0.15, 0.2) is 72.8 Å². The molecule has 1 N–H and O–H groups in total. The fraction of sp³-hybridized carbons (Fsp3) is 0.192. The van der Waals surface area contributed by atoms with E-state index in [-0.39, 0.29) is 5.91 Å². The second-order valence-corrected chi connectivity index (χ2v) is 6.93. The number of carbonyl (C=O) groups excluding carboxylic acids is 1. The summed E-state index contributed by atoms with van der Waals surface area (Å²) in [7, 11) is 4.65. The Bertz CT molecular complexity index is 1020. The molecule has 6 nitrogen and oxygen atoms in total. The minimum absolute atomic E-state index is 0.199. The third-order valence-corrected chi connectivity index (χ3v) is 4.75. The highest BCUT2D eigenvalue weighted by Gasteiger charge is 2.12. The summed E-state index contributed by atoms with van der Waals surface area (Å²) in [5, 5.41) is 2.88. The smallest absolute Gasteiger partial charge is 0.244 e. The molecule has 1 amide bonds. The monoisotopic (exact) mass is 433 g/mol. The molecule has 0 aliphatic heterocycles. The maximum atomic E-state index is 12.2. The van der Waals surface area contributed by atoms with Crippen LogP contribution in [-0.2, 0) is 17.9 Å². The van der Waals surface area contributed by atoms with Gasteiger partial charge in [-0.25, -0.2) is 0 Å². The standard InChI is InChI=1S/C26H27NO5/c1-29-23-15-21(16-24(30-2)26(23)31-3)13-14-25(28)27-17-19-9-11-20(12-10-19)18-32-22-7-5-4-6-8-22/h4-16H,17-18H2,1-3H3,(H,27,28)/b14-13+. The average Bonchev–Trinajstić information content (AvgIpc) is 2.85. The number of para-hydroxylation sites is 1. The van der Waals surface area contributed by atoms with E-state index in [4.69, 9.17) is 18.9 Å². The summed E-state index contributed by atoms with van der Waals surface area (Å²) in [6, 6.07) is 21.2. The van der Waals surface area contributed by atoms with Gasteiger partial charge in [-0.15, -0.1) is 0 Å². The second kappa shape index (κ2) is 11.5. The Labute approximate surface area is 188 Å². The quantitative estimate of drug-likeness (QED) is 0.473. The number of hydrogen-bond acceptors (Lipinski definition) is 5. The number of carbonyl (C=O) groups is 1. The summed E-state index contributed by atoms with van der Waals surface area (Å²) in [6.45, 7) is 0.923. The maximum absolute atomic E-state index is 12.2. The summed E-state index contributed by atoms with van der Waals surface area (Å²) in [5.74, 6) is 2.21. The van der Waals surface area contributed by atoms with E-state index >= 15 is 0 Å². The van der Waals surface area contributed by atoms with Gasteiger partial charge in [0, 0.05) is 12.6 Å². The van der Waals surface area contributed by atoms with Gasteiger partial charge in [-0.1, -0.05) is 42.5 Å². The lowest BCUT2D eigenvalue weighted by Crippen LogP contribution is -2.20. The van der Waals surface area contributed by atoms with Gasteiger partial charge in [-0.3, -0.25) is 4.79 Å². The van der Waals surface area contributed by atoms with Crippen molar-refractivity contribution < 1.29 is 23.7 Å². The molecule has 3 aromatic carbocycles. The highest BCUT2D eigenvalue weighted by molar-refractivity contribution is 5.91. The van der Waals surface area contributed by atoms with Gasteiger partial charge in [0.1, 0.15) is 12.4 Å². The summed E-state index contributed by atoms with van der Waals surface area (Å²) >= 11 is 0. The number of methoxy groups -OCH3 is 3. The molecule has 0 aliphatic rings. The third kappa shape index (κ3) is 6.28. The number of ether oxygens (including phenoxy) is 4. The van der Waals surface area contributed by atoms with E-state index < -0.39 is 0 Å². The molecule has 3 aromatic rings. The van der Waals surface area contributed by atoms with Crippen LogP contribution >= 0.6 is 0 Å². The van der Waals surface area contributed by atoms with Crippen LogP contribution in [0, 0.1) is 0 Å². The zero-order valence-electron chi connectivity index (χ0n) is 18.5. The summed E-state index contributed by atoms with van der Waals surface area (Å²) in [4.78, 5) is 12.2. The van der Waals surface area contributed by atoms with Crippen molar-refractivity contribution in [1.82, 2.24) is 5.32 Å². The van der Waals surface area contributed by atoms with Gasteiger partial charge in [-0.2, -0.15) is 0 Å². The van der Waals surface area contributed by atoms with E-state index in [9.17, 15) is 4.79 Å². The zero-order chi connectivity index (χ0) is 22.8. The lowest BCUT2D eigenvalue weighted by molar-refractivity contribution is -0.116. The van der Waals surface area contributed by atoms with E-state index in [1.54, 1.807) is 39.5 Å². The van der Waals surface area contributed by atoms with Crippen LogP contribution < -0.4 is 24.3 Å². The van der Waals surface area contributed by atoms with Crippen molar-refractivity contribution in [3.63, 3.8) is 0 Å². The molecule has 0 atom stereocenters. The normalized spacial score (nSPS) is 10.6. The largest absolute Gasteiger partial charge is 0.493 e. The first-order valence-corrected chi connectivity index (χ1v) is 10.1. The second-order valence-electron chi connectivity index (χ2n) is 6.93. The van der Waals surface area contributed by atoms with Gasteiger partial charge in [-0.05, 0) is 47.0 Å². The molecule has 0 unspecified atom stereocenters. The van der Waals surface area contributed by atoms with Crippen LogP contribution in [0.25, 0.3) is 6.08 Å². The lowest BCUT2D eigenvalue weighted by atomic mass is 10.1. The number of amides is 1. The topological polar surface area (TPSA) is 66.0 Å². The Balaban J connectivity index is 1.53. The fourth-order valence-corrected chi connectivity index (χ4v) is 3.05. The lowest BCUT2D eigenvalue weighted by Gasteiger charge is -2.12. The van der Waals surface area contributed by atoms with Gasteiger partial charge in [0.05, 0.1) is 21.3 Å². The van der Waals surface area contributed by atoms with Crippen molar-refractivity contribution in [2.75, 3.05) is 21.3 Å². The van der Waals surface area contributed by atoms with E-state index in [0.29, 0.717) is 30.4 Å². The van der Waals surface area contributed by atoms with Gasteiger partial charge in [0.25, 0.3) is 0 Å². The SMILES string of the molecule is COc1cc(/C=C/C(=O)NCc2ccc(COc3ccccc3)cc2)cc(OC)c1OC. The minimum atomic E-state index is -0.199. The van der Waals surface area contributed by atoms with E-state index in [1.165, 1.54) is 6.08 Å². The number of rotatable bonds is 10. The van der Waals surface area contributed by atoms with Crippen LogP contribution in [0.4, 0.5) is 0 Å². The Morgan fingerprint density at radius 1 is 0.844 bits per heavy atom. The molecule has 0 spiro atoms. The third-order valence-electron chi connectivity index (χ3n) is 4.75. The van der Waals surface area contributed by atoms with Gasteiger partial charge in [0.2, 0.25) is 11.7 Å². The van der Waals surface area contributed by atoms with Gasteiger partial charge < -0.3 is 24.3 Å². The maximum Gasteiger partial charge on any atom is 0.244 e. The molecule has 6 heteroatoms. The Morgan fingerprint density at radius 2 is 1.47 bits per heavy atom. The molecule has 0 radical (unpaired) electrons. The first kappa shape index (κ1) is 22.7. The predicted molar refractivity (Wildman–Crippen MR) is 124 cm³/mol. The fourth-order valence-electron chi connectivity index (χ4n) is 3.05. The highest BCUT2D eigenvalue weighted by Crippen LogP contribution is 2.38. The molecule has 0 aliphatic carbocycles. The molecular weight excluding hydrogens is 406 g/mol. The van der Waals surface area contributed by atoms with Crippen molar-refractivity contribution in [3.8, 4) is 23.0 Å². The van der Waals surface area contributed by atoms with Crippen LogP contribution in [0.3, 0.4) is 0 Å². The van der Waals surface area contributed by atoms with E-state index in [0.717, 1.165) is 22.4 Å². The Morgan fingerprint density at radius 3 is 2.06 bits per heavy atom. The molecule has 3 rings (SSSR count). The number of hydrogen-bond donors (Lipinski definition) is 1. The molecule has 166 valence electrons. The summed E-state index contributed by atoms with van der Waals surface area (Å²) < 4.78 is 21.7. The van der Waals surface area contributed by atoms with Gasteiger partial charge in [0.15, 0.2) is 11.5 Å². The molecule has 0 saturated carbocycles. The highest BCUT2D eigenvalue weighted by atomic mass is 16.5. The number of benzene rings is 3. The Kier molecular flexibility index (Phi) is 8.15. The van der Waals surface area contributed by atoms with Crippen molar-refractivity contribution >= 4 is 12.0 Å². The van der Waals surface area contributed by atoms with Crippen molar-refractivity contribution in [2.24, 2.45) is 0 Å². The van der Waals surface area contributed by atoms with Crippen molar-refractivity contribution in [3.05, 3.63) is 89.5 Å². The zero-order valence-corrected chi connectivity index (χ0v) is 18.5. The summed E-state index contributed by atoms with van der Waals surface area (Å²) in [5.41, 5.74) is 2.83. The van der Waals surface area contributed by atoms with Crippen LogP contribution in [0.5, 0.6) is 23.0 Å². The molecule has 0 saturated heterocycles. The molecule has 32 heavy (non-hydrogen) atoms. The first-order chi connectivity index (χ1) is 15.6. The van der Waals surface area contributed by atoms with Crippen LogP contribution in [0.1, 0.15) is 16.7 Å². The molecule has 0 aromatic heterocycles. The predicted octanol–water partition coefficient (Wildman–Crippen LogP) is 4.62.